The maximum atomic E-state index is 9.97. The molecule has 0 unspecified atom stereocenters. The molecule has 0 amide bonds. The second-order valence-corrected chi connectivity index (χ2v) is 53.2. The fraction of sp³-hybridized carbons (Fsp3) is 0.409. The third-order valence-electron chi connectivity index (χ3n) is 26.2. The van der Waals surface area contributed by atoms with E-state index in [2.05, 4.69) is 383 Å². The predicted molar refractivity (Wildman–Crippen MR) is 601 cm³/mol. The highest BCUT2D eigenvalue weighted by atomic mass is 15.2. The minimum absolute atomic E-state index is 0.0442. The van der Waals surface area contributed by atoms with Gasteiger partial charge in [0, 0.05) is 88.9 Å². The zero-order valence-electron chi connectivity index (χ0n) is 97.2. The van der Waals surface area contributed by atoms with Crippen molar-refractivity contribution in [2.45, 2.75) is 298 Å². The molecule has 0 fully saturated rings. The van der Waals surface area contributed by atoms with Crippen LogP contribution in [0.5, 0.6) is 0 Å². The average molecular weight is 1820 g/mol. The Morgan fingerprint density at radius 2 is 0.474 bits per heavy atom. The molecule has 4 nitrogen and oxygen atoms in total. The number of nitrogens with zero attached hydrogens (tertiary/aromatic N) is 4. The van der Waals surface area contributed by atoms with Crippen molar-refractivity contribution in [2.24, 2.45) is 54.1 Å². The van der Waals surface area contributed by atoms with Gasteiger partial charge >= 0.3 is 0 Å². The summed E-state index contributed by atoms with van der Waals surface area (Å²) in [4.78, 5) is 5.45. The summed E-state index contributed by atoms with van der Waals surface area (Å²) in [5.74, 6) is 0. The molecular formula is C132H159BN4. The van der Waals surface area contributed by atoms with Gasteiger partial charge in [-0.3, -0.25) is 0 Å². The molecule has 17 rings (SSSR count). The van der Waals surface area contributed by atoms with Crippen LogP contribution >= 0.6 is 0 Å². The van der Waals surface area contributed by atoms with Gasteiger partial charge in [-0.1, -0.05) is 362 Å². The molecule has 2 aliphatic rings. The minimum Gasteiger partial charge on any atom is -0.310 e. The zero-order valence-corrected chi connectivity index (χ0v) is 89.2. The van der Waals surface area contributed by atoms with E-state index in [1.165, 1.54) is 33.4 Å². The first-order valence-corrected chi connectivity index (χ1v) is 50.7. The molecule has 0 N–H and O–H groups in total. The average Bonchev–Trinajstić information content (AvgIpc) is 1.38. The van der Waals surface area contributed by atoms with Crippen LogP contribution in [0.3, 0.4) is 0 Å². The van der Waals surface area contributed by atoms with Crippen molar-refractivity contribution in [2.75, 3.05) is 9.80 Å². The van der Waals surface area contributed by atoms with Gasteiger partial charge in [-0.25, -0.2) is 0 Å². The van der Waals surface area contributed by atoms with E-state index >= 15 is 0 Å². The lowest BCUT2D eigenvalue weighted by Gasteiger charge is -2.46. The maximum Gasteiger partial charge on any atom is 0.252 e. The molecule has 13 aromatic carbocycles. The van der Waals surface area contributed by atoms with Gasteiger partial charge in [-0.2, -0.15) is 0 Å². The van der Waals surface area contributed by atoms with Crippen molar-refractivity contribution in [3.63, 3.8) is 0 Å². The van der Waals surface area contributed by atoms with E-state index < -0.39 is 59.3 Å². The highest BCUT2D eigenvalue weighted by molar-refractivity contribution is 7.00. The van der Waals surface area contributed by atoms with Gasteiger partial charge in [0.2, 0.25) is 0 Å². The summed E-state index contributed by atoms with van der Waals surface area (Å²) in [6.45, 7) is 72.6. The Labute approximate surface area is 837 Å². The second-order valence-electron chi connectivity index (χ2n) is 53.2. The van der Waals surface area contributed by atoms with Crippen molar-refractivity contribution < 1.29 is 11.0 Å². The van der Waals surface area contributed by atoms with Gasteiger partial charge in [0.15, 0.2) is 0 Å². The number of benzene rings is 13. The predicted octanol–water partition coefficient (Wildman–Crippen LogP) is 35.8. The molecule has 15 aromatic rings. The summed E-state index contributed by atoms with van der Waals surface area (Å²) in [7, 11) is 0. The van der Waals surface area contributed by atoms with Crippen LogP contribution in [0.4, 0.5) is 34.1 Å². The van der Waals surface area contributed by atoms with Crippen molar-refractivity contribution in [1.29, 1.82) is 0 Å². The molecule has 0 saturated heterocycles. The van der Waals surface area contributed by atoms with Crippen LogP contribution in [0.15, 0.2) is 243 Å². The lowest BCUT2D eigenvalue weighted by Crippen LogP contribution is -2.61. The largest absolute Gasteiger partial charge is 0.310 e. The molecule has 5 heteroatoms. The summed E-state index contributed by atoms with van der Waals surface area (Å²) >= 11 is 0. The Kier molecular flexibility index (Phi) is 22.5. The van der Waals surface area contributed by atoms with E-state index in [0.29, 0.717) is 22.3 Å². The van der Waals surface area contributed by atoms with Crippen LogP contribution in [-0.2, 0) is 69.4 Å². The summed E-state index contributed by atoms with van der Waals surface area (Å²) in [5, 5.41) is 3.34. The normalized spacial score (nSPS) is 15.1. The first-order chi connectivity index (χ1) is 66.7. The quantitative estimate of drug-likeness (QED) is 0.0796. The fourth-order valence-corrected chi connectivity index (χ4v) is 21.8. The van der Waals surface area contributed by atoms with E-state index in [1.54, 1.807) is 0 Å². The molecule has 710 valence electrons. The lowest BCUT2D eigenvalue weighted by atomic mass is 9.33. The molecule has 2 aromatic heterocycles. The zero-order chi connectivity index (χ0) is 106. The molecule has 0 bridgehead atoms. The van der Waals surface area contributed by atoms with Crippen LogP contribution in [0.25, 0.3) is 99.5 Å². The first-order valence-electron chi connectivity index (χ1n) is 54.7. The van der Waals surface area contributed by atoms with Crippen molar-refractivity contribution >= 4 is 101 Å². The summed E-state index contributed by atoms with van der Waals surface area (Å²) in [6, 6.07) is 92.2. The molecule has 0 radical (unpaired) electrons. The fourth-order valence-electron chi connectivity index (χ4n) is 21.8. The molecule has 0 saturated carbocycles. The number of aromatic nitrogens is 2. The molecular weight excluding hydrogens is 1650 g/mol. The van der Waals surface area contributed by atoms with Crippen LogP contribution < -0.4 is 26.2 Å². The Hall–Kier alpha value is -10.9. The van der Waals surface area contributed by atoms with E-state index in [0.717, 1.165) is 194 Å². The number of rotatable bonds is 18. The molecule has 0 spiro atoms. The molecule has 0 aliphatic carbocycles. The topological polar surface area (TPSA) is 16.3 Å². The maximum absolute atomic E-state index is 9.97. The molecule has 4 heterocycles. The number of hydrogen-bond acceptors (Lipinski definition) is 2. The van der Waals surface area contributed by atoms with Crippen LogP contribution in [0.1, 0.15) is 301 Å². The van der Waals surface area contributed by atoms with E-state index in [4.69, 9.17) is 0 Å². The Morgan fingerprint density at radius 1 is 0.226 bits per heavy atom. The van der Waals surface area contributed by atoms with Gasteiger partial charge in [0.1, 0.15) is 0 Å². The number of hydrogen-bond donors (Lipinski definition) is 0. The van der Waals surface area contributed by atoms with Crippen molar-refractivity contribution in [3.05, 3.63) is 304 Å². The number of fused-ring (bicyclic) bond motifs is 10. The van der Waals surface area contributed by atoms with Gasteiger partial charge in [0.25, 0.3) is 6.71 Å². The standard InChI is InChI=1S/C132H159BN4/c1-122(2,3)74-84-38-34-42-94(58-84)101-66-92(82-130(25,26)27)67-102(95-43-35-39-85(59-95)75-123(4,5)6)120(101)136-115-72-99(134-111-54-46-88(78-126(13,14)15)62-105(111)106-63-89(47-55-112(106)134)79-127(16,17)18)50-52-109(115)133-110-53-51-100(135-113-56-48-90(80-128(19,20)21)64-107(113)108-65-91(49-57-114(108)135)81-129(22,23)24)73-116(110)137(118-71-98(132(31,32)33)70-117(136)119(118)133)121-103(96-44-36-40-86(60-96)76-124(7,8)9)68-93(83-131(28,29)30)69-104(121)97-45-37-41-87(61-97)77-125(10,11)12/h34-73H,74-83H2,1-33H3/i78D2,79D2,80D2,81D2. The minimum atomic E-state index is -1.76. The van der Waals surface area contributed by atoms with Gasteiger partial charge in [-0.15, -0.1) is 0 Å². The van der Waals surface area contributed by atoms with Crippen LogP contribution in [0, 0.1) is 54.1 Å². The number of anilines is 6. The second kappa shape index (κ2) is 35.2. The third kappa shape index (κ3) is 21.8. The monoisotopic (exact) mass is 1820 g/mol. The van der Waals surface area contributed by atoms with Crippen molar-refractivity contribution in [1.82, 2.24) is 9.13 Å². The SMILES string of the molecule is [2H]C([2H])(c1ccc2c(c1)c1cc(C([2H])([2H])C(C)(C)C)ccc1n2-c1ccc2c(c1)N(c1c(-c3cccc(CC(C)(C)C)c3)cc(CC(C)(C)C)cc1-c1cccc(CC(C)(C)C)c1)c1cc(C(C)(C)C)cc3c1B2c1ccc(-n2c4ccc(C([2H])([2H])C(C)(C)C)cc4c4cc(C([2H])([2H])C(C)(C)C)ccc42)cc1N3c1c(-c2cccc(CC(C)(C)C)c2)cc(CC(C)(C)C)cc1-c1cccc(CC(C)(C)C)c1)C(C)(C)C. The van der Waals surface area contributed by atoms with E-state index in [1.807, 2.05) is 107 Å². The van der Waals surface area contributed by atoms with Gasteiger partial charge in [-0.05, 0) is 333 Å². The molecule has 0 atom stereocenters. The highest BCUT2D eigenvalue weighted by Crippen LogP contribution is 2.57. The Bertz CT molecular complexity index is 6830. The first kappa shape index (κ1) is 87.6. The summed E-state index contributed by atoms with van der Waals surface area (Å²) < 4.78 is 84.5. The third-order valence-corrected chi connectivity index (χ3v) is 26.2. The summed E-state index contributed by atoms with van der Waals surface area (Å²) in [6.07, 6.45) is -2.04. The van der Waals surface area contributed by atoms with Crippen LogP contribution in [0.2, 0.25) is 0 Å². The summed E-state index contributed by atoms with van der Waals surface area (Å²) in [5.41, 5.74) is 30.3. The Balaban J connectivity index is 1.11. The van der Waals surface area contributed by atoms with E-state index in [9.17, 15) is 11.0 Å². The van der Waals surface area contributed by atoms with E-state index in [-0.39, 0.29) is 32.5 Å². The molecule has 2 aliphatic heterocycles. The van der Waals surface area contributed by atoms with Gasteiger partial charge in [0.05, 0.1) is 33.4 Å². The highest BCUT2D eigenvalue weighted by Gasteiger charge is 2.47. The van der Waals surface area contributed by atoms with Crippen LogP contribution in [-0.4, -0.2) is 15.8 Å². The smallest absolute Gasteiger partial charge is 0.252 e. The lowest BCUT2D eigenvalue weighted by molar-refractivity contribution is 0.410. The molecule has 137 heavy (non-hydrogen) atoms. The Morgan fingerprint density at radius 3 is 0.708 bits per heavy atom. The van der Waals surface area contributed by atoms with Gasteiger partial charge < -0.3 is 18.9 Å². The van der Waals surface area contributed by atoms with Crippen molar-refractivity contribution in [3.8, 4) is 55.9 Å².